The smallest absolute Gasteiger partial charge is 0.324 e. The number of amides is 3. The van der Waals surface area contributed by atoms with Gasteiger partial charge in [-0.25, -0.2) is 9.18 Å². The summed E-state index contributed by atoms with van der Waals surface area (Å²) in [5.41, 5.74) is 0.487. The van der Waals surface area contributed by atoms with Gasteiger partial charge in [-0.05, 0) is 41.1 Å². The third-order valence-electron chi connectivity index (χ3n) is 2.80. The number of nitrogens with one attached hydrogen (secondary N) is 2. The molecule has 1 aromatic carbocycles. The number of anilines is 1. The van der Waals surface area contributed by atoms with Gasteiger partial charge in [-0.2, -0.15) is 0 Å². The molecule has 1 fully saturated rings. The molecule has 0 aliphatic carbocycles. The first-order valence-electron chi connectivity index (χ1n) is 5.80. The Morgan fingerprint density at radius 1 is 1.58 bits per heavy atom. The number of nitrogens with zero attached hydrogens (tertiary/aromatic N) is 1. The number of hydrogen-bond donors (Lipinski definition) is 2. The lowest BCUT2D eigenvalue weighted by Gasteiger charge is -2.19. The number of imide groups is 1. The van der Waals surface area contributed by atoms with E-state index < -0.39 is 11.9 Å². The van der Waals surface area contributed by atoms with Gasteiger partial charge in [0.15, 0.2) is 0 Å². The Labute approximate surface area is 118 Å². The summed E-state index contributed by atoms with van der Waals surface area (Å²) in [4.78, 5) is 24.5. The van der Waals surface area contributed by atoms with Crippen molar-refractivity contribution in [2.45, 2.75) is 13.0 Å². The molecule has 1 saturated heterocycles. The first kappa shape index (κ1) is 13.8. The van der Waals surface area contributed by atoms with Crippen LogP contribution in [0.4, 0.5) is 14.9 Å². The highest BCUT2D eigenvalue weighted by atomic mass is 79.9. The van der Waals surface area contributed by atoms with E-state index in [0.717, 1.165) is 4.90 Å². The van der Waals surface area contributed by atoms with Crippen molar-refractivity contribution in [1.82, 2.24) is 10.2 Å². The van der Waals surface area contributed by atoms with Crippen LogP contribution in [-0.2, 0) is 4.79 Å². The topological polar surface area (TPSA) is 61.4 Å². The molecule has 19 heavy (non-hydrogen) atoms. The summed E-state index contributed by atoms with van der Waals surface area (Å²) in [6.07, 6.45) is 0. The van der Waals surface area contributed by atoms with Crippen molar-refractivity contribution in [1.29, 1.82) is 0 Å². The number of hydrogen-bond acceptors (Lipinski definition) is 3. The molecule has 0 aromatic heterocycles. The van der Waals surface area contributed by atoms with Crippen LogP contribution < -0.4 is 10.6 Å². The van der Waals surface area contributed by atoms with Crippen molar-refractivity contribution in [2.24, 2.45) is 0 Å². The van der Waals surface area contributed by atoms with Crippen LogP contribution >= 0.6 is 15.9 Å². The first-order valence-corrected chi connectivity index (χ1v) is 6.59. The van der Waals surface area contributed by atoms with Gasteiger partial charge in [0.05, 0.1) is 4.47 Å². The average molecular weight is 330 g/mol. The summed E-state index contributed by atoms with van der Waals surface area (Å²) in [7, 11) is 0. The summed E-state index contributed by atoms with van der Waals surface area (Å²) < 4.78 is 13.7. The minimum atomic E-state index is -0.607. The van der Waals surface area contributed by atoms with E-state index in [9.17, 15) is 14.0 Å². The van der Waals surface area contributed by atoms with Gasteiger partial charge in [-0.3, -0.25) is 9.69 Å². The second-order valence-electron chi connectivity index (χ2n) is 4.22. The predicted molar refractivity (Wildman–Crippen MR) is 72.3 cm³/mol. The van der Waals surface area contributed by atoms with E-state index in [1.54, 1.807) is 19.1 Å². The van der Waals surface area contributed by atoms with Crippen molar-refractivity contribution in [2.75, 3.05) is 18.4 Å². The fourth-order valence-corrected chi connectivity index (χ4v) is 2.06. The summed E-state index contributed by atoms with van der Waals surface area (Å²) >= 11 is 3.06. The van der Waals surface area contributed by atoms with Gasteiger partial charge >= 0.3 is 6.03 Å². The zero-order valence-corrected chi connectivity index (χ0v) is 11.8. The highest BCUT2D eigenvalue weighted by molar-refractivity contribution is 9.10. The number of benzene rings is 1. The summed E-state index contributed by atoms with van der Waals surface area (Å²) in [5.74, 6) is -0.748. The zero-order valence-electron chi connectivity index (χ0n) is 10.2. The van der Waals surface area contributed by atoms with E-state index in [-0.39, 0.29) is 11.9 Å². The van der Waals surface area contributed by atoms with E-state index >= 15 is 0 Å². The lowest BCUT2D eigenvalue weighted by atomic mass is 10.2. The van der Waals surface area contributed by atoms with Gasteiger partial charge in [0.1, 0.15) is 11.9 Å². The van der Waals surface area contributed by atoms with Crippen LogP contribution in [0.5, 0.6) is 0 Å². The Morgan fingerprint density at radius 3 is 2.89 bits per heavy atom. The van der Waals surface area contributed by atoms with Gasteiger partial charge in [0.25, 0.3) is 5.91 Å². The maximum absolute atomic E-state index is 13.3. The zero-order chi connectivity index (χ0) is 14.0. The Kier molecular flexibility index (Phi) is 4.04. The third-order valence-corrected chi connectivity index (χ3v) is 3.44. The fourth-order valence-electron chi connectivity index (χ4n) is 1.81. The van der Waals surface area contributed by atoms with E-state index in [2.05, 4.69) is 26.6 Å². The second kappa shape index (κ2) is 5.56. The molecule has 2 N–H and O–H groups in total. The van der Waals surface area contributed by atoms with Crippen LogP contribution in [0.15, 0.2) is 22.7 Å². The largest absolute Gasteiger partial charge is 0.374 e. The quantitative estimate of drug-likeness (QED) is 0.890. The highest BCUT2D eigenvalue weighted by Crippen LogP contribution is 2.20. The molecule has 1 aliphatic rings. The molecule has 0 radical (unpaired) electrons. The van der Waals surface area contributed by atoms with Crippen molar-refractivity contribution < 1.29 is 14.0 Å². The van der Waals surface area contributed by atoms with Crippen LogP contribution in [0.25, 0.3) is 0 Å². The number of carbonyl (C=O) groups is 2. The molecule has 1 atom stereocenters. The minimum Gasteiger partial charge on any atom is -0.374 e. The SMILES string of the molecule is C[C@@H](Nc1ccc(Br)c(F)c1)C(=O)N1CCNC1=O. The van der Waals surface area contributed by atoms with Gasteiger partial charge in [-0.15, -0.1) is 0 Å². The molecule has 3 amide bonds. The summed E-state index contributed by atoms with van der Waals surface area (Å²) in [6, 6.07) is 3.50. The Balaban J connectivity index is 2.03. The monoisotopic (exact) mass is 329 g/mol. The number of carbonyl (C=O) groups excluding carboxylic acids is 2. The van der Waals surface area contributed by atoms with Crippen LogP contribution in [0.2, 0.25) is 0 Å². The number of urea groups is 1. The average Bonchev–Trinajstić information content (AvgIpc) is 2.79. The van der Waals surface area contributed by atoms with E-state index in [4.69, 9.17) is 0 Å². The molecule has 0 bridgehead atoms. The maximum Gasteiger partial charge on any atom is 0.324 e. The Morgan fingerprint density at radius 2 is 2.32 bits per heavy atom. The number of rotatable bonds is 3. The standard InChI is InChI=1S/C12H13BrFN3O2/c1-7(11(18)17-5-4-15-12(17)19)16-8-2-3-9(13)10(14)6-8/h2-3,6-7,16H,4-5H2,1H3,(H,15,19)/t7-/m1/s1. The Bertz CT molecular complexity index is 524. The molecule has 0 spiro atoms. The van der Waals surface area contributed by atoms with Crippen molar-refractivity contribution in [3.05, 3.63) is 28.5 Å². The normalized spacial score (nSPS) is 16.2. The lowest BCUT2D eigenvalue weighted by Crippen LogP contribution is -2.43. The Hall–Kier alpha value is -1.63. The molecule has 1 aliphatic heterocycles. The minimum absolute atomic E-state index is 0.335. The molecule has 1 heterocycles. The fraction of sp³-hybridized carbons (Fsp3) is 0.333. The van der Waals surface area contributed by atoms with Gasteiger partial charge < -0.3 is 10.6 Å². The van der Waals surface area contributed by atoms with Crippen LogP contribution in [0, 0.1) is 5.82 Å². The molecule has 102 valence electrons. The third kappa shape index (κ3) is 3.04. The van der Waals surface area contributed by atoms with Gasteiger partial charge in [0.2, 0.25) is 0 Å². The molecule has 2 rings (SSSR count). The lowest BCUT2D eigenvalue weighted by molar-refractivity contribution is -0.128. The highest BCUT2D eigenvalue weighted by Gasteiger charge is 2.29. The second-order valence-corrected chi connectivity index (χ2v) is 5.07. The molecule has 1 aromatic rings. The van der Waals surface area contributed by atoms with Crippen molar-refractivity contribution in [3.8, 4) is 0 Å². The van der Waals surface area contributed by atoms with E-state index in [0.29, 0.717) is 23.2 Å². The molecular formula is C12H13BrFN3O2. The first-order chi connectivity index (χ1) is 8.99. The molecule has 0 unspecified atom stereocenters. The van der Waals surface area contributed by atoms with E-state index in [1.165, 1.54) is 6.07 Å². The molecule has 7 heteroatoms. The van der Waals surface area contributed by atoms with Gasteiger partial charge in [0, 0.05) is 18.8 Å². The number of halogens is 2. The van der Waals surface area contributed by atoms with Crippen LogP contribution in [0.3, 0.4) is 0 Å². The molecule has 5 nitrogen and oxygen atoms in total. The molecular weight excluding hydrogens is 317 g/mol. The molecule has 0 saturated carbocycles. The summed E-state index contributed by atoms with van der Waals surface area (Å²) in [6.45, 7) is 2.45. The van der Waals surface area contributed by atoms with Crippen molar-refractivity contribution in [3.63, 3.8) is 0 Å². The van der Waals surface area contributed by atoms with Crippen molar-refractivity contribution >= 4 is 33.6 Å². The maximum atomic E-state index is 13.3. The van der Waals surface area contributed by atoms with Crippen LogP contribution in [-0.4, -0.2) is 36.0 Å². The van der Waals surface area contributed by atoms with Gasteiger partial charge in [-0.1, -0.05) is 0 Å². The summed E-state index contributed by atoms with van der Waals surface area (Å²) in [5, 5.41) is 5.43. The van der Waals surface area contributed by atoms with E-state index in [1.807, 2.05) is 0 Å². The predicted octanol–water partition coefficient (Wildman–Crippen LogP) is 1.94. The van der Waals surface area contributed by atoms with Crippen LogP contribution in [0.1, 0.15) is 6.92 Å².